The fourth-order valence-corrected chi connectivity index (χ4v) is 3.93. The second-order valence-electron chi connectivity index (χ2n) is 6.17. The number of likely N-dealkylation sites (N-methyl/N-ethyl adjacent to an activating group) is 1. The van der Waals surface area contributed by atoms with E-state index in [0.29, 0.717) is 18.1 Å². The Balaban J connectivity index is 1.57. The van der Waals surface area contributed by atoms with Gasteiger partial charge in [-0.05, 0) is 36.8 Å². The lowest BCUT2D eigenvalue weighted by atomic mass is 10.2. The number of halogens is 1. The predicted molar refractivity (Wildman–Crippen MR) is 103 cm³/mol. The molecule has 1 amide bonds. The first-order valence-corrected chi connectivity index (χ1v) is 9.41. The maximum atomic E-state index is 12.2. The molecule has 2 N–H and O–H groups in total. The van der Waals surface area contributed by atoms with Crippen molar-refractivity contribution >= 4 is 39.1 Å². The summed E-state index contributed by atoms with van der Waals surface area (Å²) in [6.45, 7) is 3.00. The second-order valence-corrected chi connectivity index (χ2v) is 7.67. The molecule has 1 unspecified atom stereocenters. The Kier molecular flexibility index (Phi) is 5.68. The number of fused-ring (bicyclic) bond motifs is 1. The molecule has 0 aliphatic rings. The lowest BCUT2D eigenvalue weighted by Gasteiger charge is -2.19. The van der Waals surface area contributed by atoms with Crippen LogP contribution in [0.3, 0.4) is 0 Å². The molecule has 25 heavy (non-hydrogen) atoms. The monoisotopic (exact) mass is 374 g/mol. The van der Waals surface area contributed by atoms with Crippen LogP contribution < -0.4 is 10.2 Å². The molecule has 0 saturated carbocycles. The Morgan fingerprint density at radius 3 is 2.84 bits per heavy atom. The molecule has 0 saturated heterocycles. The summed E-state index contributed by atoms with van der Waals surface area (Å²) in [5, 5.41) is 4.69. The van der Waals surface area contributed by atoms with Crippen LogP contribution in [0.5, 0.6) is 0 Å². The van der Waals surface area contributed by atoms with Crippen molar-refractivity contribution in [2.24, 2.45) is 0 Å². The van der Waals surface area contributed by atoms with Gasteiger partial charge in [0.2, 0.25) is 0 Å². The van der Waals surface area contributed by atoms with Crippen LogP contribution in [0.4, 0.5) is 0 Å². The number of nitrogens with zero attached hydrogens (tertiary/aromatic N) is 1. The summed E-state index contributed by atoms with van der Waals surface area (Å²) in [6, 6.07) is 15.8. The SMILES string of the molecule is C[C@H](c1nc2ccccc2s1)[NH+](C)CC(=O)NCc1cccc(Cl)c1. The van der Waals surface area contributed by atoms with Gasteiger partial charge in [-0.25, -0.2) is 4.98 Å². The summed E-state index contributed by atoms with van der Waals surface area (Å²) in [6.07, 6.45) is 0. The van der Waals surface area contributed by atoms with Crippen molar-refractivity contribution in [2.45, 2.75) is 19.5 Å². The third-order valence-corrected chi connectivity index (χ3v) is 5.69. The first kappa shape index (κ1) is 17.9. The van der Waals surface area contributed by atoms with Crippen molar-refractivity contribution in [3.05, 3.63) is 64.1 Å². The van der Waals surface area contributed by atoms with Crippen LogP contribution >= 0.6 is 22.9 Å². The molecule has 3 rings (SSSR count). The van der Waals surface area contributed by atoms with Gasteiger partial charge in [0.25, 0.3) is 5.91 Å². The molecule has 0 aliphatic heterocycles. The molecule has 0 fully saturated rings. The second kappa shape index (κ2) is 7.95. The number of carbonyl (C=O) groups excluding carboxylic acids is 1. The number of para-hydroxylation sites is 1. The van der Waals surface area contributed by atoms with Crippen molar-refractivity contribution in [1.29, 1.82) is 0 Å². The minimum Gasteiger partial charge on any atom is -0.347 e. The molecule has 1 aromatic heterocycles. The molecule has 3 aromatic rings. The molecular weight excluding hydrogens is 354 g/mol. The zero-order chi connectivity index (χ0) is 17.8. The number of benzene rings is 2. The molecule has 0 aliphatic carbocycles. The summed E-state index contributed by atoms with van der Waals surface area (Å²) in [5.74, 6) is 0.0189. The number of thiazole rings is 1. The van der Waals surface area contributed by atoms with Crippen LogP contribution in [0.15, 0.2) is 48.5 Å². The van der Waals surface area contributed by atoms with E-state index in [1.165, 1.54) is 4.70 Å². The lowest BCUT2D eigenvalue weighted by Crippen LogP contribution is -3.10. The Hall–Kier alpha value is -1.95. The molecule has 2 atom stereocenters. The molecule has 2 aromatic carbocycles. The van der Waals surface area contributed by atoms with Crippen LogP contribution in [0.25, 0.3) is 10.2 Å². The number of hydrogen-bond donors (Lipinski definition) is 2. The third-order valence-electron chi connectivity index (χ3n) is 4.24. The number of quaternary nitrogens is 1. The summed E-state index contributed by atoms with van der Waals surface area (Å²) >= 11 is 7.66. The number of carbonyl (C=O) groups is 1. The predicted octanol–water partition coefficient (Wildman–Crippen LogP) is 2.84. The summed E-state index contributed by atoms with van der Waals surface area (Å²) < 4.78 is 1.18. The van der Waals surface area contributed by atoms with E-state index in [4.69, 9.17) is 16.6 Å². The number of amides is 1. The van der Waals surface area contributed by atoms with Crippen molar-refractivity contribution in [1.82, 2.24) is 10.3 Å². The maximum Gasteiger partial charge on any atom is 0.275 e. The molecule has 6 heteroatoms. The lowest BCUT2D eigenvalue weighted by molar-refractivity contribution is -0.902. The Labute approximate surface area is 156 Å². The van der Waals surface area contributed by atoms with E-state index in [2.05, 4.69) is 18.3 Å². The van der Waals surface area contributed by atoms with Crippen molar-refractivity contribution in [3.8, 4) is 0 Å². The van der Waals surface area contributed by atoms with E-state index >= 15 is 0 Å². The summed E-state index contributed by atoms with van der Waals surface area (Å²) in [4.78, 5) is 18.0. The first-order valence-electron chi connectivity index (χ1n) is 8.22. The highest BCUT2D eigenvalue weighted by Gasteiger charge is 2.21. The van der Waals surface area contributed by atoms with E-state index in [1.54, 1.807) is 11.3 Å². The minimum absolute atomic E-state index is 0.0189. The molecule has 0 spiro atoms. The van der Waals surface area contributed by atoms with Crippen molar-refractivity contribution in [3.63, 3.8) is 0 Å². The van der Waals surface area contributed by atoms with E-state index in [9.17, 15) is 4.79 Å². The highest BCUT2D eigenvalue weighted by atomic mass is 35.5. The normalized spacial score (nSPS) is 13.6. The topological polar surface area (TPSA) is 46.4 Å². The number of aromatic nitrogens is 1. The quantitative estimate of drug-likeness (QED) is 0.697. The van der Waals surface area contributed by atoms with Crippen molar-refractivity contribution in [2.75, 3.05) is 13.6 Å². The Morgan fingerprint density at radius 2 is 2.08 bits per heavy atom. The number of rotatable bonds is 6. The van der Waals surface area contributed by atoms with Gasteiger partial charge in [-0.3, -0.25) is 4.79 Å². The van der Waals surface area contributed by atoms with Gasteiger partial charge < -0.3 is 10.2 Å². The van der Waals surface area contributed by atoms with E-state index in [0.717, 1.165) is 21.0 Å². The van der Waals surface area contributed by atoms with Gasteiger partial charge >= 0.3 is 0 Å². The average Bonchev–Trinajstić information content (AvgIpc) is 3.03. The van der Waals surface area contributed by atoms with Crippen LogP contribution in [0.1, 0.15) is 23.5 Å². The zero-order valence-electron chi connectivity index (χ0n) is 14.3. The zero-order valence-corrected chi connectivity index (χ0v) is 15.8. The van der Waals surface area contributed by atoms with E-state index in [1.807, 2.05) is 49.5 Å². The fourth-order valence-electron chi connectivity index (χ4n) is 2.60. The van der Waals surface area contributed by atoms with E-state index in [-0.39, 0.29) is 11.9 Å². The van der Waals surface area contributed by atoms with Gasteiger partial charge in [0.1, 0.15) is 6.04 Å². The molecule has 4 nitrogen and oxygen atoms in total. The maximum absolute atomic E-state index is 12.2. The summed E-state index contributed by atoms with van der Waals surface area (Å²) in [7, 11) is 2.02. The van der Waals surface area contributed by atoms with Crippen LogP contribution in [-0.4, -0.2) is 24.5 Å². The molecular formula is C19H21ClN3OS+. The third kappa shape index (κ3) is 4.57. The van der Waals surface area contributed by atoms with Crippen molar-refractivity contribution < 1.29 is 9.69 Å². The molecule has 0 radical (unpaired) electrons. The first-order chi connectivity index (χ1) is 12.0. The van der Waals surface area contributed by atoms with Crippen LogP contribution in [0.2, 0.25) is 5.02 Å². The van der Waals surface area contributed by atoms with Gasteiger partial charge in [-0.15, -0.1) is 11.3 Å². The Bertz CT molecular complexity index is 847. The number of nitrogens with one attached hydrogen (secondary N) is 2. The standard InChI is InChI=1S/C19H20ClN3OS/c1-13(19-22-16-8-3-4-9-17(16)25-19)23(2)12-18(24)21-11-14-6-5-7-15(20)10-14/h3-10,13H,11-12H2,1-2H3,(H,21,24)/p+1/t13-/m1/s1. The molecule has 1 heterocycles. The van der Waals surface area contributed by atoms with Crippen LogP contribution in [0, 0.1) is 0 Å². The van der Waals surface area contributed by atoms with Gasteiger partial charge in [0.05, 0.1) is 17.3 Å². The van der Waals surface area contributed by atoms with Crippen LogP contribution in [-0.2, 0) is 11.3 Å². The molecule has 0 bridgehead atoms. The highest BCUT2D eigenvalue weighted by molar-refractivity contribution is 7.18. The van der Waals surface area contributed by atoms with Gasteiger partial charge in [0, 0.05) is 11.6 Å². The highest BCUT2D eigenvalue weighted by Crippen LogP contribution is 2.24. The largest absolute Gasteiger partial charge is 0.347 e. The minimum atomic E-state index is 0.0189. The molecule has 130 valence electrons. The number of hydrogen-bond acceptors (Lipinski definition) is 3. The average molecular weight is 375 g/mol. The Morgan fingerprint density at radius 1 is 1.28 bits per heavy atom. The van der Waals surface area contributed by atoms with Gasteiger partial charge in [-0.1, -0.05) is 35.9 Å². The van der Waals surface area contributed by atoms with Gasteiger partial charge in [0.15, 0.2) is 11.6 Å². The van der Waals surface area contributed by atoms with E-state index < -0.39 is 0 Å². The smallest absolute Gasteiger partial charge is 0.275 e. The fraction of sp³-hybridized carbons (Fsp3) is 0.263. The summed E-state index contributed by atoms with van der Waals surface area (Å²) in [5.41, 5.74) is 2.02. The van der Waals surface area contributed by atoms with Gasteiger partial charge in [-0.2, -0.15) is 0 Å².